The number of fused-ring (bicyclic) bond motifs is 1. The fourth-order valence-corrected chi connectivity index (χ4v) is 13.9. The molecular weight excluding hydrogens is 908 g/mol. The monoisotopic (exact) mass is 979 g/mol. The van der Waals surface area contributed by atoms with Crippen LogP contribution in [-0.4, -0.2) is 16.2 Å². The summed E-state index contributed by atoms with van der Waals surface area (Å²) in [4.78, 5) is 10.0. The summed E-state index contributed by atoms with van der Waals surface area (Å²) in [5.41, 5.74) is 17.4. The van der Waals surface area contributed by atoms with Crippen LogP contribution in [0.5, 0.6) is 11.5 Å². The molecule has 0 bridgehead atoms. The minimum Gasteiger partial charge on any atom is -0.457 e. The first-order valence-corrected chi connectivity index (χ1v) is 27.7. The molecule has 1 unspecified atom stereocenters. The fraction of sp³-hybridized carbons (Fsp3) is 0.299. The zero-order valence-electron chi connectivity index (χ0n) is 45.4. The highest BCUT2D eigenvalue weighted by atomic mass is 31.1. The Morgan fingerprint density at radius 3 is 1.71 bits per heavy atom. The summed E-state index contributed by atoms with van der Waals surface area (Å²) < 4.78 is 9.49. The molecule has 0 spiro atoms. The number of nitrogens with zero attached hydrogens (tertiary/aromatic N) is 4. The highest BCUT2D eigenvalue weighted by Gasteiger charge is 2.34. The summed E-state index contributed by atoms with van der Waals surface area (Å²) in [7, 11) is -0.589. The van der Waals surface area contributed by atoms with Crippen LogP contribution in [0, 0.1) is 0 Å². The van der Waals surface area contributed by atoms with Gasteiger partial charge in [-0.15, -0.1) is 7.53 Å². The van der Waals surface area contributed by atoms with Crippen LogP contribution in [0.4, 0.5) is 22.7 Å². The Bertz CT molecular complexity index is 3680. The van der Waals surface area contributed by atoms with Gasteiger partial charge in [0.25, 0.3) is 0 Å². The van der Waals surface area contributed by atoms with E-state index in [4.69, 9.17) is 9.72 Å². The van der Waals surface area contributed by atoms with Gasteiger partial charge >= 0.3 is 0 Å². The van der Waals surface area contributed by atoms with E-state index in [9.17, 15) is 0 Å². The van der Waals surface area contributed by atoms with E-state index in [1.807, 2.05) is 6.20 Å². The van der Waals surface area contributed by atoms with Crippen LogP contribution in [0.15, 0.2) is 158 Å². The molecule has 10 aromatic rings. The van der Waals surface area contributed by atoms with E-state index in [1.165, 1.54) is 82.4 Å². The number of ether oxygens (including phenoxy) is 1. The van der Waals surface area contributed by atoms with Crippen molar-refractivity contribution < 1.29 is 4.74 Å². The highest BCUT2D eigenvalue weighted by Crippen LogP contribution is 2.60. The van der Waals surface area contributed by atoms with E-state index in [0.29, 0.717) is 12.3 Å². The van der Waals surface area contributed by atoms with Crippen molar-refractivity contribution in [3.8, 4) is 39.6 Å². The lowest BCUT2D eigenvalue weighted by atomic mass is 9.77. The highest BCUT2D eigenvalue weighted by molar-refractivity contribution is 7.61. The number of benzene rings is 7. The Hall–Kier alpha value is -6.81. The molecule has 0 aliphatic carbocycles. The van der Waals surface area contributed by atoms with E-state index in [0.717, 1.165) is 34.2 Å². The summed E-state index contributed by atoms with van der Waals surface area (Å²) in [6.45, 7) is 33.2. The lowest BCUT2D eigenvalue weighted by Gasteiger charge is -2.31. The molecule has 0 radical (unpaired) electrons. The van der Waals surface area contributed by atoms with Crippen molar-refractivity contribution in [3.63, 3.8) is 0 Å². The number of pyridine rings is 1. The Morgan fingerprint density at radius 2 is 1.07 bits per heavy atom. The van der Waals surface area contributed by atoms with Crippen molar-refractivity contribution in [2.24, 2.45) is 0 Å². The van der Waals surface area contributed by atoms with Crippen LogP contribution in [-0.2, 0) is 21.7 Å². The average molecular weight is 979 g/mol. The van der Waals surface area contributed by atoms with Crippen LogP contribution < -0.4 is 14.5 Å². The van der Waals surface area contributed by atoms with Gasteiger partial charge in [0.2, 0.25) is 0 Å². The molecule has 0 amide bonds. The molecule has 3 aromatic heterocycles. The Balaban J connectivity index is 1.05. The van der Waals surface area contributed by atoms with Crippen LogP contribution in [0.2, 0.25) is 0 Å². The Kier molecular flexibility index (Phi) is 11.6. The van der Waals surface area contributed by atoms with E-state index in [-0.39, 0.29) is 21.7 Å². The lowest BCUT2D eigenvalue weighted by Crippen LogP contribution is -2.25. The molecule has 5 nitrogen and oxygen atoms in total. The molecule has 0 saturated heterocycles. The average Bonchev–Trinajstić information content (AvgIpc) is 4.01. The molecule has 1 atom stereocenters. The van der Waals surface area contributed by atoms with Gasteiger partial charge in [0.1, 0.15) is 24.0 Å². The molecule has 1 aliphatic heterocycles. The topological polar surface area (TPSA) is 33.5 Å². The van der Waals surface area contributed by atoms with E-state index < -0.39 is 7.53 Å². The van der Waals surface area contributed by atoms with Crippen molar-refractivity contribution >= 4 is 62.3 Å². The fourth-order valence-electron chi connectivity index (χ4n) is 11.1. The van der Waals surface area contributed by atoms with Gasteiger partial charge in [-0.25, -0.2) is 4.98 Å². The van der Waals surface area contributed by atoms with Gasteiger partial charge in [-0.1, -0.05) is 176 Å². The minimum absolute atomic E-state index is 0.0143. The van der Waals surface area contributed by atoms with E-state index in [2.05, 4.69) is 263 Å². The zero-order chi connectivity index (χ0) is 51.5. The molecule has 0 saturated carbocycles. The first-order valence-electron chi connectivity index (χ1n) is 26.2. The number of rotatable bonds is 8. The molecule has 7 aromatic carbocycles. The standard InChI is InChI=1S/C67H71N4OP/c1-42(2)73-58-29-21-28-56-61(58)62-57(71(56)60-37-45(30-31-68-60)64(3,4)5)39-51(40-59(62)73)72-50-25-20-24-49(38-50)69-41-70(55-27-19-18-26-54(55)69)63-52(43-22-16-15-17-23-43)35-48(67(12,13)14)36-53(63)44-32-46(65(6,7)8)34-47(33-44)66(9,10)11/h15-40,42H,41H2,1-14H3. The second-order valence-electron chi connectivity index (χ2n) is 24.9. The van der Waals surface area contributed by atoms with Crippen molar-refractivity contribution in [2.75, 3.05) is 16.5 Å². The third kappa shape index (κ3) is 8.58. The molecule has 73 heavy (non-hydrogen) atoms. The van der Waals surface area contributed by atoms with Gasteiger partial charge in [0.05, 0.1) is 28.1 Å². The molecular formula is C67H71N4OP. The van der Waals surface area contributed by atoms with Gasteiger partial charge in [-0.3, -0.25) is 4.57 Å². The quantitative estimate of drug-likeness (QED) is 0.152. The third-order valence-electron chi connectivity index (χ3n) is 15.1. The van der Waals surface area contributed by atoms with E-state index >= 15 is 0 Å². The van der Waals surface area contributed by atoms with Gasteiger partial charge in [0, 0.05) is 56.2 Å². The van der Waals surface area contributed by atoms with Crippen molar-refractivity contribution in [1.29, 1.82) is 0 Å². The summed E-state index contributed by atoms with van der Waals surface area (Å²) in [6.07, 6.45) is 1.96. The Morgan fingerprint density at radius 1 is 0.479 bits per heavy atom. The molecule has 6 heteroatoms. The van der Waals surface area contributed by atoms with E-state index in [1.54, 1.807) is 0 Å². The van der Waals surface area contributed by atoms with Gasteiger partial charge in [-0.05, 0) is 121 Å². The molecule has 0 fully saturated rings. The first kappa shape index (κ1) is 48.5. The predicted molar refractivity (Wildman–Crippen MR) is 315 cm³/mol. The number of hydrogen-bond donors (Lipinski definition) is 0. The number of hydrogen-bond acceptors (Lipinski definition) is 4. The summed E-state index contributed by atoms with van der Waals surface area (Å²) in [5.74, 6) is 2.58. The largest absolute Gasteiger partial charge is 0.457 e. The van der Waals surface area contributed by atoms with Gasteiger partial charge < -0.3 is 14.5 Å². The Labute approximate surface area is 434 Å². The lowest BCUT2D eigenvalue weighted by molar-refractivity contribution is 0.484. The second-order valence-corrected chi connectivity index (χ2v) is 27.6. The van der Waals surface area contributed by atoms with Crippen molar-refractivity contribution in [1.82, 2.24) is 9.55 Å². The van der Waals surface area contributed by atoms with Crippen LogP contribution in [0.25, 0.3) is 60.1 Å². The predicted octanol–water partition coefficient (Wildman–Crippen LogP) is 19.9. The number of para-hydroxylation sites is 2. The van der Waals surface area contributed by atoms with Gasteiger partial charge in [-0.2, -0.15) is 0 Å². The molecule has 4 heterocycles. The number of anilines is 4. The van der Waals surface area contributed by atoms with Crippen LogP contribution in [0.3, 0.4) is 0 Å². The maximum absolute atomic E-state index is 7.12. The zero-order valence-corrected chi connectivity index (χ0v) is 46.3. The normalized spacial score (nSPS) is 13.9. The molecule has 0 N–H and O–H groups in total. The second kappa shape index (κ2) is 17.4. The van der Waals surface area contributed by atoms with Gasteiger partial charge in [0.15, 0.2) is 0 Å². The summed E-state index contributed by atoms with van der Waals surface area (Å²) in [6, 6.07) is 56.8. The molecule has 11 rings (SSSR count). The summed E-state index contributed by atoms with van der Waals surface area (Å²) in [5, 5.41) is 5.55. The smallest absolute Gasteiger partial charge is 0.137 e. The minimum atomic E-state index is -0.589. The summed E-state index contributed by atoms with van der Waals surface area (Å²) >= 11 is 0. The molecule has 1 aliphatic rings. The third-order valence-corrected chi connectivity index (χ3v) is 17.9. The van der Waals surface area contributed by atoms with Crippen molar-refractivity contribution in [2.45, 2.75) is 124 Å². The first-order chi connectivity index (χ1) is 34.5. The van der Waals surface area contributed by atoms with Crippen molar-refractivity contribution in [3.05, 3.63) is 180 Å². The molecule has 370 valence electrons. The van der Waals surface area contributed by atoms with Crippen LogP contribution >= 0.6 is 7.53 Å². The maximum atomic E-state index is 7.12. The SMILES string of the molecule is CC(C)p1c2cccc3c2c2c(cc(Oc4cccc(N5CN(c6c(-c7ccccc7)cc(C(C)(C)C)cc6-c6cc(C(C)(C)C)cc(C(C)(C)C)c6)c6ccccc65)c4)cc21)n3-c1cc(C(C)(C)C)ccn1. The van der Waals surface area contributed by atoms with Crippen LogP contribution in [0.1, 0.15) is 125 Å². The maximum Gasteiger partial charge on any atom is 0.137 e. The number of aromatic nitrogens is 2.